The van der Waals surface area contributed by atoms with E-state index in [0.29, 0.717) is 17.2 Å². The third kappa shape index (κ3) is 3.76. The van der Waals surface area contributed by atoms with Gasteiger partial charge in [-0.2, -0.15) is 4.98 Å². The lowest BCUT2D eigenvalue weighted by atomic mass is 10.2. The van der Waals surface area contributed by atoms with Crippen LogP contribution in [0, 0.1) is 17.8 Å². The van der Waals surface area contributed by atoms with E-state index in [-0.39, 0.29) is 23.4 Å². The number of anilines is 2. The Morgan fingerprint density at radius 1 is 1.14 bits per heavy atom. The minimum absolute atomic E-state index is 0.0805. The molecule has 0 unspecified atom stereocenters. The number of pyridine rings is 1. The highest BCUT2D eigenvalue weighted by Crippen LogP contribution is 2.30. The molecule has 7 nitrogen and oxygen atoms in total. The predicted octanol–water partition coefficient (Wildman–Crippen LogP) is 1.84. The molecule has 7 heteroatoms. The lowest BCUT2D eigenvalue weighted by molar-refractivity contribution is 0.392. The number of nitrogens with two attached hydrogens (primary N) is 2. The molecule has 0 aliphatic heterocycles. The van der Waals surface area contributed by atoms with Gasteiger partial charge in [-0.25, -0.2) is 9.97 Å². The SMILES string of the molecule is COc1cc(Oc2cnc(N)nc2N)c(C#CC(C)C)cn1. The molecule has 4 N–H and O–H groups in total. The molecule has 114 valence electrons. The van der Waals surface area contributed by atoms with Crippen molar-refractivity contribution in [2.45, 2.75) is 13.8 Å². The maximum atomic E-state index is 5.77. The fraction of sp³-hybridized carbons (Fsp3) is 0.267. The van der Waals surface area contributed by atoms with Crippen molar-refractivity contribution in [3.05, 3.63) is 24.0 Å². The molecule has 0 saturated carbocycles. The van der Waals surface area contributed by atoms with Crippen LogP contribution < -0.4 is 20.9 Å². The summed E-state index contributed by atoms with van der Waals surface area (Å²) >= 11 is 0. The van der Waals surface area contributed by atoms with Crippen molar-refractivity contribution in [2.24, 2.45) is 5.92 Å². The summed E-state index contributed by atoms with van der Waals surface area (Å²) < 4.78 is 10.8. The average Bonchev–Trinajstić information content (AvgIpc) is 2.48. The van der Waals surface area contributed by atoms with Crippen molar-refractivity contribution in [3.63, 3.8) is 0 Å². The molecule has 22 heavy (non-hydrogen) atoms. The van der Waals surface area contributed by atoms with E-state index in [4.69, 9.17) is 20.9 Å². The Morgan fingerprint density at radius 2 is 1.91 bits per heavy atom. The molecule has 2 aromatic heterocycles. The average molecular weight is 299 g/mol. The summed E-state index contributed by atoms with van der Waals surface area (Å²) in [5.41, 5.74) is 11.9. The van der Waals surface area contributed by atoms with E-state index in [9.17, 15) is 0 Å². The van der Waals surface area contributed by atoms with Crippen LogP contribution in [0.1, 0.15) is 19.4 Å². The highest BCUT2D eigenvalue weighted by atomic mass is 16.5. The van der Waals surface area contributed by atoms with Crippen LogP contribution in [0.3, 0.4) is 0 Å². The first kappa shape index (κ1) is 15.4. The Balaban J connectivity index is 2.41. The Bertz CT molecular complexity index is 734. The van der Waals surface area contributed by atoms with E-state index in [2.05, 4.69) is 26.8 Å². The number of nitrogen functional groups attached to an aromatic ring is 2. The van der Waals surface area contributed by atoms with Crippen LogP contribution in [-0.2, 0) is 0 Å². The lowest BCUT2D eigenvalue weighted by Gasteiger charge is -2.10. The molecule has 2 heterocycles. The molecular weight excluding hydrogens is 282 g/mol. The first-order valence-corrected chi connectivity index (χ1v) is 6.61. The number of ether oxygens (including phenoxy) is 2. The third-order valence-electron chi connectivity index (χ3n) is 2.57. The van der Waals surface area contributed by atoms with Crippen LogP contribution in [0.4, 0.5) is 11.8 Å². The first-order chi connectivity index (χ1) is 10.5. The van der Waals surface area contributed by atoms with E-state index in [1.165, 1.54) is 13.3 Å². The number of hydrogen-bond acceptors (Lipinski definition) is 7. The molecule has 0 radical (unpaired) electrons. The van der Waals surface area contributed by atoms with Gasteiger partial charge in [0.1, 0.15) is 5.75 Å². The van der Waals surface area contributed by atoms with E-state index < -0.39 is 0 Å². The largest absolute Gasteiger partial charge is 0.481 e. The number of aromatic nitrogens is 3. The summed E-state index contributed by atoms with van der Waals surface area (Å²) in [5.74, 6) is 7.67. The Morgan fingerprint density at radius 3 is 2.55 bits per heavy atom. The van der Waals surface area contributed by atoms with Gasteiger partial charge in [0.15, 0.2) is 11.6 Å². The number of hydrogen-bond donors (Lipinski definition) is 2. The Hall–Kier alpha value is -3.01. The van der Waals surface area contributed by atoms with Gasteiger partial charge < -0.3 is 20.9 Å². The molecule has 0 saturated heterocycles. The molecule has 0 spiro atoms. The van der Waals surface area contributed by atoms with Crippen LogP contribution in [0.15, 0.2) is 18.5 Å². The van der Waals surface area contributed by atoms with Gasteiger partial charge in [-0.05, 0) is 0 Å². The fourth-order valence-corrected chi connectivity index (χ4v) is 1.53. The standard InChI is InChI=1S/C15H17N5O2/c1-9(2)4-5-10-7-18-13(21-3)6-11(10)22-12-8-19-15(17)20-14(12)16/h6-9H,1-3H3,(H4,16,17,19,20). The number of methoxy groups -OCH3 is 1. The normalized spacial score (nSPS) is 10.0. The summed E-state index contributed by atoms with van der Waals surface area (Å²) in [4.78, 5) is 11.8. The van der Waals surface area contributed by atoms with Crippen molar-refractivity contribution in [1.29, 1.82) is 0 Å². The minimum Gasteiger partial charge on any atom is -0.481 e. The van der Waals surface area contributed by atoms with Crippen LogP contribution in [0.25, 0.3) is 0 Å². The molecule has 0 aliphatic carbocycles. The number of rotatable bonds is 3. The molecule has 0 fully saturated rings. The van der Waals surface area contributed by atoms with Gasteiger partial charge in [-0.1, -0.05) is 25.7 Å². The Labute approximate surface area is 128 Å². The summed E-state index contributed by atoms with van der Waals surface area (Å²) in [6.07, 6.45) is 2.99. The van der Waals surface area contributed by atoms with Crippen molar-refractivity contribution in [1.82, 2.24) is 15.0 Å². The molecule has 0 bridgehead atoms. The minimum atomic E-state index is 0.0805. The zero-order valence-electron chi connectivity index (χ0n) is 12.6. The first-order valence-electron chi connectivity index (χ1n) is 6.61. The molecule has 0 atom stereocenters. The summed E-state index contributed by atoms with van der Waals surface area (Å²) in [7, 11) is 1.52. The van der Waals surface area contributed by atoms with E-state index in [0.717, 1.165) is 0 Å². The van der Waals surface area contributed by atoms with Crippen molar-refractivity contribution >= 4 is 11.8 Å². The molecular formula is C15H17N5O2. The fourth-order valence-electron chi connectivity index (χ4n) is 1.53. The molecule has 2 aromatic rings. The Kier molecular flexibility index (Phi) is 4.63. The molecule has 0 aromatic carbocycles. The molecule has 0 aliphatic rings. The second-order valence-electron chi connectivity index (χ2n) is 4.73. The maximum Gasteiger partial charge on any atom is 0.222 e. The highest BCUT2D eigenvalue weighted by Gasteiger charge is 2.10. The van der Waals surface area contributed by atoms with E-state index in [1.807, 2.05) is 13.8 Å². The van der Waals surface area contributed by atoms with Crippen LogP contribution in [0.2, 0.25) is 0 Å². The van der Waals surface area contributed by atoms with Crippen molar-refractivity contribution in [3.8, 4) is 29.2 Å². The van der Waals surface area contributed by atoms with Gasteiger partial charge in [0, 0.05) is 12.0 Å². The highest BCUT2D eigenvalue weighted by molar-refractivity contribution is 5.53. The van der Waals surface area contributed by atoms with Crippen LogP contribution >= 0.6 is 0 Å². The summed E-state index contributed by atoms with van der Waals surface area (Å²) in [6.45, 7) is 3.99. The van der Waals surface area contributed by atoms with Gasteiger partial charge in [0.05, 0.1) is 25.1 Å². The topological polar surface area (TPSA) is 109 Å². The van der Waals surface area contributed by atoms with E-state index in [1.54, 1.807) is 12.3 Å². The second-order valence-corrected chi connectivity index (χ2v) is 4.73. The zero-order chi connectivity index (χ0) is 16.1. The second kappa shape index (κ2) is 6.63. The van der Waals surface area contributed by atoms with Crippen molar-refractivity contribution < 1.29 is 9.47 Å². The molecule has 2 rings (SSSR count). The van der Waals surface area contributed by atoms with Gasteiger partial charge in [-0.3, -0.25) is 0 Å². The lowest BCUT2D eigenvalue weighted by Crippen LogP contribution is -2.02. The predicted molar refractivity (Wildman–Crippen MR) is 83.4 cm³/mol. The van der Waals surface area contributed by atoms with Crippen LogP contribution in [0.5, 0.6) is 17.4 Å². The van der Waals surface area contributed by atoms with Gasteiger partial charge in [-0.15, -0.1) is 0 Å². The van der Waals surface area contributed by atoms with Gasteiger partial charge in [0.2, 0.25) is 11.8 Å². The molecule has 0 amide bonds. The summed E-state index contributed by atoms with van der Waals surface area (Å²) in [5, 5.41) is 0. The van der Waals surface area contributed by atoms with E-state index >= 15 is 0 Å². The van der Waals surface area contributed by atoms with Gasteiger partial charge in [0.25, 0.3) is 0 Å². The number of nitrogens with zero attached hydrogens (tertiary/aromatic N) is 3. The zero-order valence-corrected chi connectivity index (χ0v) is 12.6. The van der Waals surface area contributed by atoms with Crippen molar-refractivity contribution in [2.75, 3.05) is 18.6 Å². The quantitative estimate of drug-likeness (QED) is 0.832. The van der Waals surface area contributed by atoms with Crippen LogP contribution in [-0.4, -0.2) is 22.1 Å². The maximum absolute atomic E-state index is 5.77. The van der Waals surface area contributed by atoms with Gasteiger partial charge >= 0.3 is 0 Å². The smallest absolute Gasteiger partial charge is 0.222 e. The monoisotopic (exact) mass is 299 g/mol. The third-order valence-corrected chi connectivity index (χ3v) is 2.57. The summed E-state index contributed by atoms with van der Waals surface area (Å²) in [6, 6.07) is 1.63.